The molecule has 0 amide bonds. The largest absolute Gasteiger partial charge is 0.491 e. The van der Waals surface area contributed by atoms with Crippen LogP contribution in [0.2, 0.25) is 0 Å². The molecule has 0 aliphatic carbocycles. The Morgan fingerprint density at radius 1 is 1.15 bits per heavy atom. The van der Waals surface area contributed by atoms with Gasteiger partial charge in [0, 0.05) is 25.5 Å². The smallest absolute Gasteiger partial charge is 0.190 e. The topological polar surface area (TPSA) is 52.6 Å². The number of piperidine rings is 1. The standard InChI is InChI=1S/C20H24F2N2O3/c1-25-20-18(21)6-15(7-19(20)22)11-26-12-16-5-17(10-24-9-16)27-13-14-3-2-4-23-8-14/h2-4,6-8,16-17,24H,5,9-13H2,1H3. The summed E-state index contributed by atoms with van der Waals surface area (Å²) in [6, 6.07) is 6.35. The zero-order valence-corrected chi connectivity index (χ0v) is 15.3. The highest BCUT2D eigenvalue weighted by Gasteiger charge is 2.22. The van der Waals surface area contributed by atoms with Crippen molar-refractivity contribution in [2.75, 3.05) is 26.8 Å². The molecule has 2 atom stereocenters. The predicted octanol–water partition coefficient (Wildman–Crippen LogP) is 3.08. The van der Waals surface area contributed by atoms with Crippen molar-refractivity contribution in [2.45, 2.75) is 25.7 Å². The summed E-state index contributed by atoms with van der Waals surface area (Å²) in [6.07, 6.45) is 4.51. The summed E-state index contributed by atoms with van der Waals surface area (Å²) in [5.74, 6) is -1.53. The Morgan fingerprint density at radius 2 is 1.96 bits per heavy atom. The van der Waals surface area contributed by atoms with Crippen molar-refractivity contribution in [1.29, 1.82) is 0 Å². The van der Waals surface area contributed by atoms with E-state index in [0.29, 0.717) is 18.8 Å². The van der Waals surface area contributed by atoms with Crippen LogP contribution in [0.25, 0.3) is 0 Å². The van der Waals surface area contributed by atoms with Crippen molar-refractivity contribution >= 4 is 0 Å². The van der Waals surface area contributed by atoms with Crippen LogP contribution in [-0.4, -0.2) is 37.9 Å². The number of ether oxygens (including phenoxy) is 3. The Balaban J connectivity index is 1.43. The number of hydrogen-bond donors (Lipinski definition) is 1. The summed E-state index contributed by atoms with van der Waals surface area (Å²) in [4.78, 5) is 4.08. The molecule has 1 aromatic carbocycles. The maximum Gasteiger partial charge on any atom is 0.190 e. The lowest BCUT2D eigenvalue weighted by Crippen LogP contribution is -2.42. The van der Waals surface area contributed by atoms with Crippen LogP contribution in [0.15, 0.2) is 36.7 Å². The second kappa shape index (κ2) is 9.73. The first kappa shape index (κ1) is 19.7. The van der Waals surface area contributed by atoms with Crippen LogP contribution in [0.1, 0.15) is 17.5 Å². The van der Waals surface area contributed by atoms with Crippen LogP contribution >= 0.6 is 0 Å². The number of nitrogens with one attached hydrogen (secondary N) is 1. The summed E-state index contributed by atoms with van der Waals surface area (Å²) in [5, 5.41) is 3.35. The van der Waals surface area contributed by atoms with Gasteiger partial charge in [-0.3, -0.25) is 4.98 Å². The number of aromatic nitrogens is 1. The van der Waals surface area contributed by atoms with Gasteiger partial charge in [0.15, 0.2) is 17.4 Å². The minimum atomic E-state index is -0.723. The van der Waals surface area contributed by atoms with Gasteiger partial charge in [0.25, 0.3) is 0 Å². The summed E-state index contributed by atoms with van der Waals surface area (Å²) in [5.41, 5.74) is 1.48. The van der Waals surface area contributed by atoms with Gasteiger partial charge in [-0.1, -0.05) is 6.07 Å². The lowest BCUT2D eigenvalue weighted by atomic mass is 9.98. The number of pyridine rings is 1. The van der Waals surface area contributed by atoms with Crippen molar-refractivity contribution in [2.24, 2.45) is 5.92 Å². The lowest BCUT2D eigenvalue weighted by molar-refractivity contribution is -0.00908. The van der Waals surface area contributed by atoms with Crippen LogP contribution in [-0.2, 0) is 22.7 Å². The van der Waals surface area contributed by atoms with E-state index in [2.05, 4.69) is 15.0 Å². The van der Waals surface area contributed by atoms with Gasteiger partial charge >= 0.3 is 0 Å². The second-order valence-electron chi connectivity index (χ2n) is 6.66. The average Bonchev–Trinajstić information content (AvgIpc) is 2.67. The molecule has 3 rings (SSSR count). The number of halogens is 2. The number of methoxy groups -OCH3 is 1. The van der Waals surface area contributed by atoms with E-state index in [1.807, 2.05) is 12.1 Å². The molecule has 1 fully saturated rings. The van der Waals surface area contributed by atoms with Crippen LogP contribution in [0, 0.1) is 17.6 Å². The maximum atomic E-state index is 13.7. The third-order valence-electron chi connectivity index (χ3n) is 4.49. The Hall–Kier alpha value is -2.09. The van der Waals surface area contributed by atoms with E-state index in [4.69, 9.17) is 9.47 Å². The van der Waals surface area contributed by atoms with Gasteiger partial charge in [-0.05, 0) is 41.7 Å². The highest BCUT2D eigenvalue weighted by atomic mass is 19.1. The quantitative estimate of drug-likeness (QED) is 0.765. The molecule has 27 heavy (non-hydrogen) atoms. The molecule has 1 aliphatic heterocycles. The molecule has 2 aromatic rings. The van der Waals surface area contributed by atoms with Gasteiger partial charge in [-0.15, -0.1) is 0 Å². The number of nitrogens with zero attached hydrogens (tertiary/aromatic N) is 1. The Labute approximate surface area is 157 Å². The molecule has 7 heteroatoms. The van der Waals surface area contributed by atoms with Gasteiger partial charge in [-0.25, -0.2) is 8.78 Å². The van der Waals surface area contributed by atoms with Crippen molar-refractivity contribution in [3.05, 3.63) is 59.4 Å². The number of rotatable bonds is 8. The number of benzene rings is 1. The zero-order chi connectivity index (χ0) is 19.1. The fourth-order valence-corrected chi connectivity index (χ4v) is 3.17. The zero-order valence-electron chi connectivity index (χ0n) is 15.3. The van der Waals surface area contributed by atoms with Crippen LogP contribution in [0.5, 0.6) is 5.75 Å². The Kier molecular flexibility index (Phi) is 7.09. The van der Waals surface area contributed by atoms with Crippen molar-refractivity contribution in [1.82, 2.24) is 10.3 Å². The molecule has 5 nitrogen and oxygen atoms in total. The third-order valence-corrected chi connectivity index (χ3v) is 4.49. The first-order valence-corrected chi connectivity index (χ1v) is 8.96. The fourth-order valence-electron chi connectivity index (χ4n) is 3.17. The molecule has 1 aromatic heterocycles. The lowest BCUT2D eigenvalue weighted by Gasteiger charge is -2.30. The van der Waals surface area contributed by atoms with Crippen LogP contribution in [0.3, 0.4) is 0 Å². The molecule has 0 bridgehead atoms. The summed E-state index contributed by atoms with van der Waals surface area (Å²) >= 11 is 0. The first-order chi connectivity index (χ1) is 13.2. The molecular formula is C20H24F2N2O3. The van der Waals surface area contributed by atoms with Gasteiger partial charge < -0.3 is 19.5 Å². The number of hydrogen-bond acceptors (Lipinski definition) is 5. The highest BCUT2D eigenvalue weighted by Crippen LogP contribution is 2.23. The molecule has 0 radical (unpaired) electrons. The van der Waals surface area contributed by atoms with E-state index in [1.54, 1.807) is 12.4 Å². The van der Waals surface area contributed by atoms with Gasteiger partial charge in [0.05, 0.1) is 33.0 Å². The average molecular weight is 378 g/mol. The fraction of sp³-hybridized carbons (Fsp3) is 0.450. The van der Waals surface area contributed by atoms with E-state index in [-0.39, 0.29) is 24.4 Å². The predicted molar refractivity (Wildman–Crippen MR) is 96.4 cm³/mol. The third kappa shape index (κ3) is 5.69. The summed E-state index contributed by atoms with van der Waals surface area (Å²) < 4.78 is 43.7. The van der Waals surface area contributed by atoms with Crippen molar-refractivity contribution in [3.63, 3.8) is 0 Å². The van der Waals surface area contributed by atoms with E-state index in [0.717, 1.165) is 25.1 Å². The summed E-state index contributed by atoms with van der Waals surface area (Å²) in [6.45, 7) is 2.80. The van der Waals surface area contributed by atoms with Crippen molar-refractivity contribution < 1.29 is 23.0 Å². The Morgan fingerprint density at radius 3 is 2.67 bits per heavy atom. The first-order valence-electron chi connectivity index (χ1n) is 8.96. The van der Waals surface area contributed by atoms with Gasteiger partial charge in [0.2, 0.25) is 0 Å². The second-order valence-corrected chi connectivity index (χ2v) is 6.66. The minimum Gasteiger partial charge on any atom is -0.491 e. The molecule has 0 spiro atoms. The molecule has 1 N–H and O–H groups in total. The molecule has 0 saturated carbocycles. The molecule has 2 unspecified atom stereocenters. The van der Waals surface area contributed by atoms with Crippen molar-refractivity contribution in [3.8, 4) is 5.75 Å². The van der Waals surface area contributed by atoms with E-state index >= 15 is 0 Å². The monoisotopic (exact) mass is 378 g/mol. The van der Waals surface area contributed by atoms with Crippen LogP contribution < -0.4 is 10.1 Å². The molecule has 2 heterocycles. The van der Waals surface area contributed by atoms with E-state index in [1.165, 1.54) is 19.2 Å². The molecule has 146 valence electrons. The SMILES string of the molecule is COc1c(F)cc(COCC2CNCC(OCc3cccnc3)C2)cc1F. The highest BCUT2D eigenvalue weighted by molar-refractivity contribution is 5.30. The Bertz CT molecular complexity index is 707. The summed E-state index contributed by atoms with van der Waals surface area (Å²) in [7, 11) is 1.24. The van der Waals surface area contributed by atoms with E-state index in [9.17, 15) is 8.78 Å². The van der Waals surface area contributed by atoms with E-state index < -0.39 is 11.6 Å². The van der Waals surface area contributed by atoms with Crippen LogP contribution in [0.4, 0.5) is 8.78 Å². The maximum absolute atomic E-state index is 13.7. The molecule has 1 aliphatic rings. The molecular weight excluding hydrogens is 354 g/mol. The molecule has 1 saturated heterocycles. The normalized spacial score (nSPS) is 19.8. The minimum absolute atomic E-state index is 0.100. The van der Waals surface area contributed by atoms with Gasteiger partial charge in [-0.2, -0.15) is 0 Å². The van der Waals surface area contributed by atoms with Gasteiger partial charge in [0.1, 0.15) is 0 Å².